The molecule has 2 heterocycles. The lowest BCUT2D eigenvalue weighted by atomic mass is 10.0. The first-order valence-electron chi connectivity index (χ1n) is 10.2. The van der Waals surface area contributed by atoms with Crippen molar-refractivity contribution in [1.82, 2.24) is 9.88 Å². The third-order valence-electron chi connectivity index (χ3n) is 5.82. The molecule has 0 saturated carbocycles. The first-order chi connectivity index (χ1) is 15.6. The minimum Gasteiger partial charge on any atom is -0.357 e. The van der Waals surface area contributed by atoms with E-state index in [4.69, 9.17) is 11.6 Å². The summed E-state index contributed by atoms with van der Waals surface area (Å²) < 4.78 is 66.9. The summed E-state index contributed by atoms with van der Waals surface area (Å²) in [6.07, 6.45) is -3.80. The van der Waals surface area contributed by atoms with Gasteiger partial charge in [0.25, 0.3) is 10.0 Å². The van der Waals surface area contributed by atoms with Gasteiger partial charge in [-0.1, -0.05) is 29.8 Å². The number of aromatic nitrogens is 1. The zero-order chi connectivity index (χ0) is 23.4. The fourth-order valence-electron chi connectivity index (χ4n) is 4.35. The summed E-state index contributed by atoms with van der Waals surface area (Å²) in [4.78, 5) is 4.64. The van der Waals surface area contributed by atoms with E-state index in [9.17, 15) is 21.6 Å². The summed E-state index contributed by atoms with van der Waals surface area (Å²) >= 11 is 6.17. The number of nitrogens with one attached hydrogen (secondary N) is 2. The average molecular weight is 494 g/mol. The molecule has 1 aromatic heterocycles. The highest BCUT2D eigenvalue weighted by Crippen LogP contribution is 2.32. The molecule has 0 aliphatic carbocycles. The maximum absolute atomic E-state index is 13.0. The monoisotopic (exact) mass is 493 g/mol. The Bertz CT molecular complexity index is 1480. The second-order valence-electron chi connectivity index (χ2n) is 8.15. The number of rotatable bonds is 4. The topological polar surface area (TPSA) is 65.2 Å². The summed E-state index contributed by atoms with van der Waals surface area (Å²) in [6.45, 7) is -0.497. The molecule has 0 radical (unpaired) electrons. The van der Waals surface area contributed by atoms with Crippen LogP contribution in [-0.2, 0) is 23.0 Å². The van der Waals surface area contributed by atoms with E-state index in [2.05, 4.69) is 9.71 Å². The fourth-order valence-corrected chi connectivity index (χ4v) is 5.68. The molecule has 0 saturated heterocycles. The number of benzene rings is 3. The summed E-state index contributed by atoms with van der Waals surface area (Å²) in [7, 11) is -3.86. The quantitative estimate of drug-likeness (QED) is 0.383. The Morgan fingerprint density at radius 1 is 1.06 bits per heavy atom. The molecule has 2 N–H and O–H groups in total. The second-order valence-corrected chi connectivity index (χ2v) is 10.2. The lowest BCUT2D eigenvalue weighted by Gasteiger charge is -2.27. The van der Waals surface area contributed by atoms with E-state index in [-0.39, 0.29) is 18.0 Å². The largest absolute Gasteiger partial charge is 0.401 e. The third-order valence-corrected chi connectivity index (χ3v) is 7.53. The van der Waals surface area contributed by atoms with Crippen LogP contribution in [0.5, 0.6) is 0 Å². The van der Waals surface area contributed by atoms with E-state index in [1.807, 2.05) is 0 Å². The van der Waals surface area contributed by atoms with E-state index >= 15 is 0 Å². The zero-order valence-electron chi connectivity index (χ0n) is 17.2. The molecule has 1 aliphatic heterocycles. The Labute approximate surface area is 193 Å². The van der Waals surface area contributed by atoms with Gasteiger partial charge in [-0.15, -0.1) is 0 Å². The van der Waals surface area contributed by atoms with Crippen molar-refractivity contribution in [2.24, 2.45) is 0 Å². The van der Waals surface area contributed by atoms with Gasteiger partial charge in [0.2, 0.25) is 0 Å². The predicted octanol–water partition coefficient (Wildman–Crippen LogP) is 5.70. The summed E-state index contributed by atoms with van der Waals surface area (Å²) in [5.41, 5.74) is 2.79. The molecule has 10 heteroatoms. The highest BCUT2D eigenvalue weighted by atomic mass is 35.5. The molecule has 0 atom stereocenters. The van der Waals surface area contributed by atoms with Gasteiger partial charge in [0, 0.05) is 45.8 Å². The Hall–Kier alpha value is -2.75. The number of H-pyrrole nitrogens is 1. The van der Waals surface area contributed by atoms with Crippen LogP contribution in [0.15, 0.2) is 59.5 Å². The van der Waals surface area contributed by atoms with Crippen molar-refractivity contribution < 1.29 is 21.6 Å². The van der Waals surface area contributed by atoms with Gasteiger partial charge in [0.05, 0.1) is 11.4 Å². The third kappa shape index (κ3) is 4.40. The molecule has 0 bridgehead atoms. The number of sulfonamides is 1. The predicted molar refractivity (Wildman–Crippen MR) is 123 cm³/mol. The molecule has 0 unspecified atom stereocenters. The minimum absolute atomic E-state index is 0.108. The van der Waals surface area contributed by atoms with Crippen molar-refractivity contribution in [2.45, 2.75) is 24.0 Å². The maximum atomic E-state index is 13.0. The standard InChI is InChI=1S/C23H19ClF3N3O2S/c24-20-3-1-2-14-10-16(5-6-17(14)20)33(31,32)29-15-4-7-21-19(11-15)18-8-9-30(12-22(18)28-21)13-23(25,26)27/h1-7,10-11,28-29H,8-9,12-13H2. The van der Waals surface area contributed by atoms with E-state index in [0.717, 1.165) is 27.5 Å². The van der Waals surface area contributed by atoms with Crippen molar-refractivity contribution in [3.8, 4) is 0 Å². The molecule has 172 valence electrons. The van der Waals surface area contributed by atoms with E-state index in [0.29, 0.717) is 22.5 Å². The highest BCUT2D eigenvalue weighted by Gasteiger charge is 2.33. The van der Waals surface area contributed by atoms with Gasteiger partial charge in [-0.05, 0) is 53.8 Å². The molecule has 4 aromatic rings. The van der Waals surface area contributed by atoms with E-state index < -0.39 is 22.7 Å². The molecule has 0 amide bonds. The lowest BCUT2D eigenvalue weighted by molar-refractivity contribution is -0.147. The summed E-state index contributed by atoms with van der Waals surface area (Å²) in [5, 5.41) is 2.82. The SMILES string of the molecule is O=S(=O)(Nc1ccc2[nH]c3c(c2c1)CCN(CC(F)(F)F)C3)c1ccc2c(Cl)cccc2c1. The number of anilines is 1. The van der Waals surface area contributed by atoms with Crippen LogP contribution in [0.3, 0.4) is 0 Å². The van der Waals surface area contributed by atoms with Crippen molar-refractivity contribution in [1.29, 1.82) is 0 Å². The van der Waals surface area contributed by atoms with Gasteiger partial charge < -0.3 is 4.98 Å². The summed E-state index contributed by atoms with van der Waals surface area (Å²) in [5.74, 6) is 0. The van der Waals surface area contributed by atoms with Gasteiger partial charge in [-0.3, -0.25) is 9.62 Å². The summed E-state index contributed by atoms with van der Waals surface area (Å²) in [6, 6.07) is 15.1. The van der Waals surface area contributed by atoms with Crippen molar-refractivity contribution in [3.05, 3.63) is 70.9 Å². The van der Waals surface area contributed by atoms with Gasteiger partial charge in [0.15, 0.2) is 0 Å². The van der Waals surface area contributed by atoms with Crippen molar-refractivity contribution >= 4 is 49.0 Å². The maximum Gasteiger partial charge on any atom is 0.401 e. The van der Waals surface area contributed by atoms with Crippen molar-refractivity contribution in [2.75, 3.05) is 17.8 Å². The van der Waals surface area contributed by atoms with Crippen LogP contribution in [0.1, 0.15) is 11.3 Å². The Morgan fingerprint density at radius 3 is 2.67 bits per heavy atom. The molecule has 3 aromatic carbocycles. The molecule has 33 heavy (non-hydrogen) atoms. The fraction of sp³-hybridized carbons (Fsp3) is 0.217. The number of nitrogens with zero attached hydrogens (tertiary/aromatic N) is 1. The number of aromatic amines is 1. The molecule has 5 rings (SSSR count). The van der Waals surface area contributed by atoms with E-state index in [1.54, 1.807) is 48.5 Å². The van der Waals surface area contributed by atoms with Crippen LogP contribution < -0.4 is 4.72 Å². The van der Waals surface area contributed by atoms with E-state index in [1.165, 1.54) is 11.0 Å². The van der Waals surface area contributed by atoms with Crippen LogP contribution in [0, 0.1) is 0 Å². The molecule has 1 aliphatic rings. The van der Waals surface area contributed by atoms with Crippen LogP contribution in [0.4, 0.5) is 18.9 Å². The Morgan fingerprint density at radius 2 is 1.88 bits per heavy atom. The smallest absolute Gasteiger partial charge is 0.357 e. The van der Waals surface area contributed by atoms with Gasteiger partial charge in [0.1, 0.15) is 0 Å². The molecular weight excluding hydrogens is 475 g/mol. The average Bonchev–Trinajstić information content (AvgIpc) is 3.09. The molecular formula is C23H19ClF3N3O2S. The number of fused-ring (bicyclic) bond motifs is 4. The minimum atomic E-state index is -4.25. The number of hydrogen-bond donors (Lipinski definition) is 2. The molecule has 0 fully saturated rings. The Balaban J connectivity index is 1.43. The number of hydrogen-bond acceptors (Lipinski definition) is 3. The van der Waals surface area contributed by atoms with Crippen molar-refractivity contribution in [3.63, 3.8) is 0 Å². The first-order valence-corrected chi connectivity index (χ1v) is 12.1. The Kier molecular flexibility index (Phi) is 5.30. The highest BCUT2D eigenvalue weighted by molar-refractivity contribution is 7.92. The number of alkyl halides is 3. The van der Waals surface area contributed by atoms with Gasteiger partial charge in [-0.2, -0.15) is 13.2 Å². The normalized spacial score (nSPS) is 15.2. The molecule has 5 nitrogen and oxygen atoms in total. The van der Waals surface area contributed by atoms with Crippen LogP contribution >= 0.6 is 11.6 Å². The van der Waals surface area contributed by atoms with Crippen LogP contribution in [0.25, 0.3) is 21.7 Å². The molecule has 0 spiro atoms. The van der Waals surface area contributed by atoms with Gasteiger partial charge >= 0.3 is 6.18 Å². The zero-order valence-corrected chi connectivity index (χ0v) is 18.8. The number of halogens is 4. The second kappa shape index (κ2) is 7.93. The van der Waals surface area contributed by atoms with Crippen LogP contribution in [0.2, 0.25) is 5.02 Å². The van der Waals surface area contributed by atoms with Crippen LogP contribution in [-0.4, -0.2) is 37.6 Å². The first kappa shape index (κ1) is 22.1. The lowest BCUT2D eigenvalue weighted by Crippen LogP contribution is -2.37. The van der Waals surface area contributed by atoms with Gasteiger partial charge in [-0.25, -0.2) is 8.42 Å².